The number of rotatable bonds is 20. The quantitative estimate of drug-likeness (QED) is 0.0369. The van der Waals surface area contributed by atoms with Gasteiger partial charge in [-0.05, 0) is 61.1 Å². The summed E-state index contributed by atoms with van der Waals surface area (Å²) in [5.74, 6) is -5.38. The number of nitrogens with two attached hydrogens (primary N) is 1. The Balaban J connectivity index is 0.950. The number of aliphatic hydroxyl groups is 1. The number of benzene rings is 2. The molecule has 0 radical (unpaired) electrons. The summed E-state index contributed by atoms with van der Waals surface area (Å²) in [7, 11) is 0. The molecule has 22 heteroatoms. The van der Waals surface area contributed by atoms with Crippen LogP contribution < -0.4 is 32.6 Å². The molecule has 2 aromatic carbocycles. The van der Waals surface area contributed by atoms with Crippen LogP contribution in [0.1, 0.15) is 88.0 Å². The number of hydrogen-bond acceptors (Lipinski definition) is 15. The number of anilines is 1. The molecule has 5 heterocycles. The maximum atomic E-state index is 13.9. The van der Waals surface area contributed by atoms with Gasteiger partial charge in [0.25, 0.3) is 23.8 Å². The van der Waals surface area contributed by atoms with E-state index >= 15 is 0 Å². The van der Waals surface area contributed by atoms with Gasteiger partial charge in [-0.1, -0.05) is 51.1 Å². The van der Waals surface area contributed by atoms with E-state index in [2.05, 4.69) is 21.3 Å². The fraction of sp³-hybridized carbons (Fsp3) is 0.404. The molecule has 3 aliphatic heterocycles. The molecule has 1 saturated heterocycles. The minimum Gasteiger partial charge on any atom is -0.458 e. The van der Waals surface area contributed by atoms with Gasteiger partial charge in [0.15, 0.2) is 5.60 Å². The van der Waals surface area contributed by atoms with Crippen molar-refractivity contribution in [3.05, 3.63) is 93.3 Å². The van der Waals surface area contributed by atoms with Crippen molar-refractivity contribution >= 4 is 64.1 Å². The summed E-state index contributed by atoms with van der Waals surface area (Å²) in [6.45, 7) is 2.72. The van der Waals surface area contributed by atoms with Crippen molar-refractivity contribution in [2.75, 3.05) is 11.9 Å². The van der Waals surface area contributed by atoms with Crippen LogP contribution in [0.2, 0.25) is 0 Å². The fourth-order valence-corrected chi connectivity index (χ4v) is 8.25. The van der Waals surface area contributed by atoms with Crippen LogP contribution in [0.3, 0.4) is 0 Å². The number of pyridine rings is 2. The minimum absolute atomic E-state index is 0.0149. The molecule has 3 aliphatic rings. The van der Waals surface area contributed by atoms with E-state index in [9.17, 15) is 48.3 Å². The summed E-state index contributed by atoms with van der Waals surface area (Å²) in [4.78, 5) is 124. The first-order valence-corrected chi connectivity index (χ1v) is 22.4. The monoisotopic (exact) mass is 952 g/mol. The third kappa shape index (κ3) is 11.1. The number of esters is 1. The van der Waals surface area contributed by atoms with Gasteiger partial charge >= 0.3 is 18.0 Å². The molecule has 4 aromatic rings. The number of ether oxygens (including phenoxy) is 3. The van der Waals surface area contributed by atoms with Gasteiger partial charge < -0.3 is 55.7 Å². The van der Waals surface area contributed by atoms with Crippen LogP contribution in [-0.2, 0) is 78.0 Å². The third-order valence-corrected chi connectivity index (χ3v) is 11.9. The van der Waals surface area contributed by atoms with Crippen LogP contribution in [0.25, 0.3) is 22.3 Å². The van der Waals surface area contributed by atoms with E-state index in [0.29, 0.717) is 27.7 Å². The molecule has 7 rings (SSSR count). The average Bonchev–Trinajstić information content (AvgIpc) is 3.84. The smallest absolute Gasteiger partial charge is 0.343 e. The predicted molar refractivity (Wildman–Crippen MR) is 241 cm³/mol. The second-order valence-corrected chi connectivity index (χ2v) is 17.0. The first-order chi connectivity index (χ1) is 33.0. The zero-order valence-corrected chi connectivity index (χ0v) is 38.0. The van der Waals surface area contributed by atoms with E-state index in [1.54, 1.807) is 43.5 Å². The van der Waals surface area contributed by atoms with Crippen LogP contribution in [0.4, 0.5) is 10.5 Å². The Hall–Kier alpha value is -7.56. The predicted octanol–water partition coefficient (Wildman–Crippen LogP) is 2.00. The molecule has 69 heavy (non-hydrogen) atoms. The Labute approximate surface area is 394 Å². The van der Waals surface area contributed by atoms with Crippen molar-refractivity contribution in [2.45, 2.75) is 110 Å². The molecule has 2 aromatic heterocycles. The Morgan fingerprint density at radius 2 is 1.67 bits per heavy atom. The molecule has 7 amide bonds. The zero-order valence-electron chi connectivity index (χ0n) is 38.0. The number of carbonyl (C=O) groups is 8. The van der Waals surface area contributed by atoms with Gasteiger partial charge in [0.1, 0.15) is 18.7 Å². The fourth-order valence-electron chi connectivity index (χ4n) is 8.25. The molecule has 364 valence electrons. The second-order valence-electron chi connectivity index (χ2n) is 17.0. The first kappa shape index (κ1) is 49.3. The number of cyclic esters (lactones) is 1. The van der Waals surface area contributed by atoms with Crippen molar-refractivity contribution in [3.63, 3.8) is 0 Å². The van der Waals surface area contributed by atoms with Crippen molar-refractivity contribution in [3.8, 4) is 11.4 Å². The molecule has 0 aliphatic carbocycles. The molecule has 0 spiro atoms. The Morgan fingerprint density at radius 3 is 2.36 bits per heavy atom. The highest BCUT2D eigenvalue weighted by atomic mass is 16.8. The number of primary amides is 1. The summed E-state index contributed by atoms with van der Waals surface area (Å²) < 4.78 is 18.6. The van der Waals surface area contributed by atoms with E-state index in [1.165, 1.54) is 12.1 Å². The summed E-state index contributed by atoms with van der Waals surface area (Å²) >= 11 is 0. The lowest BCUT2D eigenvalue weighted by molar-refractivity contribution is -0.316. The Bertz CT molecular complexity index is 2740. The molecule has 0 saturated carbocycles. The molecule has 0 bridgehead atoms. The van der Waals surface area contributed by atoms with Gasteiger partial charge in [0.05, 0.1) is 35.6 Å². The van der Waals surface area contributed by atoms with Gasteiger partial charge in [-0.15, -0.1) is 5.06 Å². The molecular formula is C47H52N8O14. The highest BCUT2D eigenvalue weighted by Gasteiger charge is 2.50. The van der Waals surface area contributed by atoms with Crippen molar-refractivity contribution < 1.29 is 62.5 Å². The van der Waals surface area contributed by atoms with E-state index in [1.807, 2.05) is 30.3 Å². The summed E-state index contributed by atoms with van der Waals surface area (Å²) in [5.41, 5.74) is 6.90. The van der Waals surface area contributed by atoms with E-state index in [0.717, 1.165) is 16.5 Å². The molecule has 7 N–H and O–H groups in total. The number of amides is 7. The highest BCUT2D eigenvalue weighted by molar-refractivity contribution is 6.02. The Kier molecular flexibility index (Phi) is 15.1. The maximum absolute atomic E-state index is 13.9. The van der Waals surface area contributed by atoms with Gasteiger partial charge in [0.2, 0.25) is 17.7 Å². The van der Waals surface area contributed by atoms with Crippen LogP contribution >= 0.6 is 0 Å². The average molecular weight is 953 g/mol. The zero-order chi connectivity index (χ0) is 49.6. The Morgan fingerprint density at radius 1 is 0.942 bits per heavy atom. The number of fused-ring (bicyclic) bond motifs is 5. The normalized spacial score (nSPS) is 17.3. The van der Waals surface area contributed by atoms with Gasteiger partial charge in [0, 0.05) is 54.4 Å². The van der Waals surface area contributed by atoms with E-state index < -0.39 is 77.6 Å². The lowest BCUT2D eigenvalue weighted by atomic mass is 9.85. The van der Waals surface area contributed by atoms with Crippen molar-refractivity contribution in [2.24, 2.45) is 11.7 Å². The number of para-hydroxylation sites is 1. The standard InChI is InChI=1S/C47H52N8O14/c1-4-47(31-21-34-40-28(20-27-8-5-6-9-32(27)51-40)22-54(34)43(62)30(31)24-66-44(47)63)68-46(65)67-23-26-12-14-29(15-13-26)50-41(60)33(18-19-49-45(48)64)52-42(61)39(25(2)3)53-35(56)10-7-11-38(59)69-55-36(57)16-17-37(55)58/h5-6,8-9,12-15,20-21,25,33,39,46,65H,4,7,10-11,16-19,22-24H2,1-3H3,(H,50,60)(H,52,61)(H,53,56)(H3,48,49,64)/t33-,39-,46?,47-/m0/s1. The van der Waals surface area contributed by atoms with Crippen LogP contribution in [-0.4, -0.2) is 92.3 Å². The lowest BCUT2D eigenvalue weighted by Crippen LogP contribution is -2.55. The van der Waals surface area contributed by atoms with E-state index in [-0.39, 0.29) is 87.9 Å². The van der Waals surface area contributed by atoms with Gasteiger partial charge in [-0.2, -0.15) is 0 Å². The lowest BCUT2D eigenvalue weighted by Gasteiger charge is -2.37. The van der Waals surface area contributed by atoms with Crippen LogP contribution in [0, 0.1) is 5.92 Å². The number of hydroxylamine groups is 2. The number of imide groups is 1. The van der Waals surface area contributed by atoms with Gasteiger partial charge in [-0.25, -0.2) is 19.4 Å². The third-order valence-electron chi connectivity index (χ3n) is 11.9. The minimum atomic E-state index is -1.96. The molecule has 4 atom stereocenters. The topological polar surface area (TPSA) is 306 Å². The summed E-state index contributed by atoms with van der Waals surface area (Å²) in [5, 5.41) is 22.7. The number of carbonyl (C=O) groups excluding carboxylic acids is 8. The SMILES string of the molecule is CC[C@@]1(OC(O)OCc2ccc(NC(=O)[C@H](CCNC(N)=O)NC(=O)[C@@H](NC(=O)CCCC(=O)ON3C(=O)CCC3=O)C(C)C)cc2)C(=O)OCc2c1cc1n(c2=O)Cc2cc3ccccc3nc2-1. The number of aromatic nitrogens is 2. The molecular weight excluding hydrogens is 901 g/mol. The number of nitrogens with one attached hydrogen (secondary N) is 4. The highest BCUT2D eigenvalue weighted by Crippen LogP contribution is 2.41. The second kappa shape index (κ2) is 21.2. The number of hydrogen-bond donors (Lipinski definition) is 6. The van der Waals surface area contributed by atoms with Gasteiger partial charge in [-0.3, -0.25) is 28.8 Å². The number of urea groups is 1. The number of nitrogens with zero attached hydrogens (tertiary/aromatic N) is 3. The largest absolute Gasteiger partial charge is 0.458 e. The van der Waals surface area contributed by atoms with Crippen molar-refractivity contribution in [1.29, 1.82) is 0 Å². The molecule has 1 fully saturated rings. The number of aliphatic hydroxyl groups excluding tert-OH is 1. The van der Waals surface area contributed by atoms with Crippen LogP contribution in [0.5, 0.6) is 0 Å². The molecule has 1 unspecified atom stereocenters. The maximum Gasteiger partial charge on any atom is 0.343 e. The van der Waals surface area contributed by atoms with E-state index in [4.69, 9.17) is 29.8 Å². The van der Waals surface area contributed by atoms with Crippen molar-refractivity contribution in [1.82, 2.24) is 30.6 Å². The van der Waals surface area contributed by atoms with Crippen LogP contribution in [0.15, 0.2) is 65.5 Å². The summed E-state index contributed by atoms with van der Waals surface area (Å²) in [6.07, 6.45) is -0.737. The molecule has 22 nitrogen and oxygen atoms in total. The first-order valence-electron chi connectivity index (χ1n) is 22.4. The summed E-state index contributed by atoms with van der Waals surface area (Å²) in [6, 6.07) is 14.3.